The van der Waals surface area contributed by atoms with Gasteiger partial charge in [-0.1, -0.05) is 25.9 Å². The van der Waals surface area contributed by atoms with Gasteiger partial charge in [0.2, 0.25) is 0 Å². The van der Waals surface area contributed by atoms with Crippen molar-refractivity contribution in [1.29, 1.82) is 0 Å². The Morgan fingerprint density at radius 3 is 2.48 bits per heavy atom. The molecule has 0 unspecified atom stereocenters. The fourth-order valence-corrected chi connectivity index (χ4v) is 3.03. The first-order valence-corrected chi connectivity index (χ1v) is 8.58. The Kier molecular flexibility index (Phi) is 4.49. The fourth-order valence-electron chi connectivity index (χ4n) is 3.03. The van der Waals surface area contributed by atoms with Gasteiger partial charge in [-0.15, -0.1) is 0 Å². The molecule has 1 saturated heterocycles. The van der Waals surface area contributed by atoms with Crippen LogP contribution < -0.4 is 5.56 Å². The minimum absolute atomic E-state index is 0.0119. The predicted octanol–water partition coefficient (Wildman–Crippen LogP) is 2.31. The van der Waals surface area contributed by atoms with Gasteiger partial charge in [0.25, 0.3) is 11.5 Å². The van der Waals surface area contributed by atoms with Crippen molar-refractivity contribution >= 4 is 5.91 Å². The quantitative estimate of drug-likeness (QED) is 0.835. The second kappa shape index (κ2) is 6.46. The number of piperidine rings is 1. The van der Waals surface area contributed by atoms with Crippen molar-refractivity contribution < 1.29 is 9.32 Å². The van der Waals surface area contributed by atoms with Crippen LogP contribution >= 0.6 is 0 Å². The summed E-state index contributed by atoms with van der Waals surface area (Å²) in [6.07, 6.45) is 1.39. The van der Waals surface area contributed by atoms with E-state index >= 15 is 0 Å². The summed E-state index contributed by atoms with van der Waals surface area (Å²) >= 11 is 0. The number of carbonyl (C=O) groups excluding carboxylic acids is 1. The lowest BCUT2D eigenvalue weighted by molar-refractivity contribution is 0.0677. The smallest absolute Gasteiger partial charge is 0.276 e. The first-order valence-electron chi connectivity index (χ1n) is 8.58. The zero-order valence-electron chi connectivity index (χ0n) is 15.2. The lowest BCUT2D eigenvalue weighted by Crippen LogP contribution is -2.41. The number of nitrogens with zero attached hydrogens (tertiary/aromatic N) is 4. The first-order chi connectivity index (χ1) is 11.8. The molecule has 0 N–H and O–H groups in total. The standard InChI is InChI=1S/C18H24N4O3/c1-12-11-14(20-25-12)17(24)21-9-7-13(8-10-21)22-16(23)6-5-15(19-22)18(2,3)4/h5-6,11,13H,7-10H2,1-4H3. The Bertz CT molecular complexity index is 823. The largest absolute Gasteiger partial charge is 0.361 e. The second-order valence-electron chi connectivity index (χ2n) is 7.60. The van der Waals surface area contributed by atoms with Gasteiger partial charge in [-0.3, -0.25) is 9.59 Å². The molecule has 3 rings (SSSR count). The van der Waals surface area contributed by atoms with Crippen molar-refractivity contribution in [3.8, 4) is 0 Å². The van der Waals surface area contributed by atoms with Crippen LogP contribution in [-0.4, -0.2) is 38.8 Å². The van der Waals surface area contributed by atoms with E-state index in [1.807, 2.05) is 0 Å². The fraction of sp³-hybridized carbons (Fsp3) is 0.556. The monoisotopic (exact) mass is 344 g/mol. The van der Waals surface area contributed by atoms with Crippen molar-refractivity contribution in [3.05, 3.63) is 45.7 Å². The molecule has 0 bridgehead atoms. The van der Waals surface area contributed by atoms with Gasteiger partial charge in [0, 0.05) is 30.6 Å². The third-order valence-corrected chi connectivity index (χ3v) is 4.54. The van der Waals surface area contributed by atoms with E-state index in [4.69, 9.17) is 4.52 Å². The lowest BCUT2D eigenvalue weighted by atomic mass is 9.92. The maximum Gasteiger partial charge on any atom is 0.276 e. The average molecular weight is 344 g/mol. The lowest BCUT2D eigenvalue weighted by Gasteiger charge is -2.32. The van der Waals surface area contributed by atoms with Crippen LogP contribution in [0.5, 0.6) is 0 Å². The summed E-state index contributed by atoms with van der Waals surface area (Å²) in [6.45, 7) is 9.13. The summed E-state index contributed by atoms with van der Waals surface area (Å²) in [5, 5.41) is 8.36. The molecule has 3 heterocycles. The summed E-state index contributed by atoms with van der Waals surface area (Å²) in [5.41, 5.74) is 1.02. The van der Waals surface area contributed by atoms with E-state index in [1.165, 1.54) is 0 Å². The number of likely N-dealkylation sites (tertiary alicyclic amines) is 1. The molecule has 2 aromatic rings. The molecule has 0 atom stereocenters. The van der Waals surface area contributed by atoms with Gasteiger partial charge < -0.3 is 9.42 Å². The number of aryl methyl sites for hydroxylation is 1. The van der Waals surface area contributed by atoms with E-state index in [1.54, 1.807) is 34.7 Å². The van der Waals surface area contributed by atoms with Crippen LogP contribution in [0.3, 0.4) is 0 Å². The molecule has 1 aliphatic heterocycles. The van der Waals surface area contributed by atoms with Crippen LogP contribution in [0.4, 0.5) is 0 Å². The van der Waals surface area contributed by atoms with Crippen LogP contribution in [0.2, 0.25) is 0 Å². The van der Waals surface area contributed by atoms with Gasteiger partial charge in [-0.2, -0.15) is 5.10 Å². The Hall–Kier alpha value is -2.44. The zero-order chi connectivity index (χ0) is 18.2. The highest BCUT2D eigenvalue weighted by molar-refractivity contribution is 5.92. The van der Waals surface area contributed by atoms with E-state index in [0.717, 1.165) is 5.69 Å². The van der Waals surface area contributed by atoms with Crippen molar-refractivity contribution in [3.63, 3.8) is 0 Å². The van der Waals surface area contributed by atoms with E-state index in [0.29, 0.717) is 37.4 Å². The molecular formula is C18H24N4O3. The maximum absolute atomic E-state index is 12.4. The highest BCUT2D eigenvalue weighted by atomic mass is 16.5. The number of hydrogen-bond donors (Lipinski definition) is 0. The molecule has 0 radical (unpaired) electrons. The molecule has 1 amide bonds. The highest BCUT2D eigenvalue weighted by Gasteiger charge is 2.28. The number of rotatable bonds is 2. The van der Waals surface area contributed by atoms with Crippen molar-refractivity contribution in [2.24, 2.45) is 0 Å². The summed E-state index contributed by atoms with van der Waals surface area (Å²) < 4.78 is 6.56. The van der Waals surface area contributed by atoms with Crippen molar-refractivity contribution in [2.45, 2.75) is 52.0 Å². The van der Waals surface area contributed by atoms with Crippen molar-refractivity contribution in [1.82, 2.24) is 19.8 Å². The molecule has 7 nitrogen and oxygen atoms in total. The van der Waals surface area contributed by atoms with Gasteiger partial charge in [0.15, 0.2) is 5.69 Å². The minimum Gasteiger partial charge on any atom is -0.361 e. The van der Waals surface area contributed by atoms with Crippen molar-refractivity contribution in [2.75, 3.05) is 13.1 Å². The van der Waals surface area contributed by atoms with Gasteiger partial charge in [-0.05, 0) is 25.8 Å². The highest BCUT2D eigenvalue weighted by Crippen LogP contribution is 2.24. The summed E-state index contributed by atoms with van der Waals surface area (Å²) in [4.78, 5) is 26.4. The molecule has 2 aromatic heterocycles. The zero-order valence-corrected chi connectivity index (χ0v) is 15.2. The normalized spacial score (nSPS) is 16.2. The molecule has 1 aliphatic rings. The number of aromatic nitrogens is 3. The minimum atomic E-state index is -0.126. The molecular weight excluding hydrogens is 320 g/mol. The summed E-state index contributed by atoms with van der Waals surface area (Å²) in [6, 6.07) is 5.04. The van der Waals surface area contributed by atoms with E-state index in [-0.39, 0.29) is 22.9 Å². The number of amides is 1. The third kappa shape index (κ3) is 3.65. The third-order valence-electron chi connectivity index (χ3n) is 4.54. The molecule has 1 fully saturated rings. The molecule has 0 aliphatic carbocycles. The first kappa shape index (κ1) is 17.4. The number of carbonyl (C=O) groups is 1. The van der Waals surface area contributed by atoms with E-state index in [9.17, 15) is 9.59 Å². The van der Waals surface area contributed by atoms with Crippen LogP contribution in [0, 0.1) is 6.92 Å². The van der Waals surface area contributed by atoms with Gasteiger partial charge in [0.05, 0.1) is 11.7 Å². The Balaban J connectivity index is 1.72. The topological polar surface area (TPSA) is 81.2 Å². The second-order valence-corrected chi connectivity index (χ2v) is 7.60. The van der Waals surface area contributed by atoms with Crippen LogP contribution in [-0.2, 0) is 5.41 Å². The Morgan fingerprint density at radius 2 is 1.92 bits per heavy atom. The molecule has 7 heteroatoms. The van der Waals surface area contributed by atoms with E-state index < -0.39 is 0 Å². The van der Waals surface area contributed by atoms with Crippen LogP contribution in [0.25, 0.3) is 0 Å². The SMILES string of the molecule is Cc1cc(C(=O)N2CCC(n3nc(C(C)(C)C)ccc3=O)CC2)no1. The van der Waals surface area contributed by atoms with Crippen LogP contribution in [0.1, 0.15) is 61.6 Å². The molecule has 134 valence electrons. The predicted molar refractivity (Wildman–Crippen MR) is 92.6 cm³/mol. The van der Waals surface area contributed by atoms with Crippen LogP contribution in [0.15, 0.2) is 27.5 Å². The van der Waals surface area contributed by atoms with Gasteiger partial charge in [-0.25, -0.2) is 4.68 Å². The van der Waals surface area contributed by atoms with E-state index in [2.05, 4.69) is 31.0 Å². The molecule has 25 heavy (non-hydrogen) atoms. The van der Waals surface area contributed by atoms with Gasteiger partial charge >= 0.3 is 0 Å². The Labute approximate surface area is 146 Å². The Morgan fingerprint density at radius 1 is 1.24 bits per heavy atom. The van der Waals surface area contributed by atoms with Gasteiger partial charge in [0.1, 0.15) is 5.76 Å². The molecule has 0 spiro atoms. The summed E-state index contributed by atoms with van der Waals surface area (Å²) in [5.74, 6) is 0.493. The number of hydrogen-bond acceptors (Lipinski definition) is 5. The average Bonchev–Trinajstić information content (AvgIpc) is 3.00. The maximum atomic E-state index is 12.4. The molecule has 0 saturated carbocycles. The summed E-state index contributed by atoms with van der Waals surface area (Å²) in [7, 11) is 0. The molecule has 0 aromatic carbocycles.